The zero-order chi connectivity index (χ0) is 26.1. The van der Waals surface area contributed by atoms with Gasteiger partial charge in [-0.2, -0.15) is 4.98 Å². The van der Waals surface area contributed by atoms with E-state index in [1.54, 1.807) is 13.4 Å². The topological polar surface area (TPSA) is 83.7 Å². The van der Waals surface area contributed by atoms with E-state index >= 15 is 0 Å². The molecule has 1 atom stereocenters. The van der Waals surface area contributed by atoms with E-state index in [0.717, 1.165) is 54.8 Å². The Morgan fingerprint density at radius 3 is 2.37 bits per heavy atom. The highest BCUT2D eigenvalue weighted by molar-refractivity contribution is 6.30. The Bertz CT molecular complexity index is 1420. The number of furan rings is 1. The van der Waals surface area contributed by atoms with Crippen LogP contribution in [-0.2, 0) is 6.42 Å². The number of anilines is 4. The van der Waals surface area contributed by atoms with Gasteiger partial charge in [-0.1, -0.05) is 11.6 Å². The predicted molar refractivity (Wildman–Crippen MR) is 148 cm³/mol. The number of aromatic nitrogens is 2. The zero-order valence-electron chi connectivity index (χ0n) is 21.1. The summed E-state index contributed by atoms with van der Waals surface area (Å²) in [6, 6.07) is 19.3. The third kappa shape index (κ3) is 4.91. The number of carbonyl (C=O) groups is 1. The van der Waals surface area contributed by atoms with Gasteiger partial charge in [-0.05, 0) is 60.7 Å². The maximum absolute atomic E-state index is 13.4. The van der Waals surface area contributed by atoms with Gasteiger partial charge in [-0.15, -0.1) is 0 Å². The van der Waals surface area contributed by atoms with Crippen molar-refractivity contribution >= 4 is 40.5 Å². The van der Waals surface area contributed by atoms with Crippen LogP contribution in [0, 0.1) is 0 Å². The van der Waals surface area contributed by atoms with Crippen LogP contribution in [0.4, 0.5) is 23.1 Å². The number of piperazine rings is 1. The lowest BCUT2D eigenvalue weighted by Gasteiger charge is -2.36. The van der Waals surface area contributed by atoms with E-state index in [9.17, 15) is 4.79 Å². The van der Waals surface area contributed by atoms with E-state index in [0.29, 0.717) is 35.2 Å². The summed E-state index contributed by atoms with van der Waals surface area (Å²) in [6.45, 7) is 3.20. The molecule has 3 heterocycles. The summed E-state index contributed by atoms with van der Waals surface area (Å²) < 4.78 is 10.9. The second-order valence-electron chi connectivity index (χ2n) is 9.54. The third-order valence-electron chi connectivity index (χ3n) is 7.18. The molecule has 1 aliphatic heterocycles. The lowest BCUT2D eigenvalue weighted by atomic mass is 9.84. The van der Waals surface area contributed by atoms with Crippen LogP contribution >= 0.6 is 11.6 Å². The monoisotopic (exact) mass is 529 g/mol. The maximum atomic E-state index is 13.4. The Labute approximate surface area is 226 Å². The molecule has 9 heteroatoms. The van der Waals surface area contributed by atoms with Crippen LogP contribution in [-0.4, -0.2) is 49.0 Å². The van der Waals surface area contributed by atoms with Gasteiger partial charge in [0, 0.05) is 61.3 Å². The van der Waals surface area contributed by atoms with E-state index in [2.05, 4.69) is 27.2 Å². The number of hydrogen-bond donors (Lipinski definition) is 1. The minimum Gasteiger partial charge on any atom is -0.497 e. The first-order valence-corrected chi connectivity index (χ1v) is 13.1. The highest BCUT2D eigenvalue weighted by Gasteiger charge is 2.33. The van der Waals surface area contributed by atoms with Crippen molar-refractivity contribution in [1.29, 1.82) is 0 Å². The van der Waals surface area contributed by atoms with Gasteiger partial charge in [0.15, 0.2) is 5.78 Å². The summed E-state index contributed by atoms with van der Waals surface area (Å²) >= 11 is 6.08. The molecule has 0 bridgehead atoms. The molecule has 2 aliphatic rings. The molecule has 2 aromatic carbocycles. The van der Waals surface area contributed by atoms with Gasteiger partial charge in [0.05, 0.1) is 24.6 Å². The molecule has 0 saturated carbocycles. The van der Waals surface area contributed by atoms with Gasteiger partial charge < -0.3 is 24.3 Å². The van der Waals surface area contributed by atoms with Crippen LogP contribution in [0.25, 0.3) is 0 Å². The van der Waals surface area contributed by atoms with Crippen molar-refractivity contribution in [2.45, 2.75) is 18.8 Å². The smallest absolute Gasteiger partial charge is 0.227 e. The van der Waals surface area contributed by atoms with Gasteiger partial charge in [0.2, 0.25) is 5.95 Å². The molecule has 0 spiro atoms. The molecule has 2 aromatic heterocycles. The first kappa shape index (κ1) is 24.3. The minimum atomic E-state index is -0.0388. The van der Waals surface area contributed by atoms with Gasteiger partial charge in [-0.25, -0.2) is 4.98 Å². The van der Waals surface area contributed by atoms with Crippen molar-refractivity contribution in [2.24, 2.45) is 0 Å². The number of nitrogens with zero attached hydrogens (tertiary/aromatic N) is 4. The van der Waals surface area contributed by atoms with Crippen molar-refractivity contribution in [3.05, 3.63) is 89.0 Å². The third-order valence-corrected chi connectivity index (χ3v) is 7.43. The van der Waals surface area contributed by atoms with Crippen LogP contribution in [0.15, 0.2) is 71.3 Å². The van der Waals surface area contributed by atoms with E-state index in [1.807, 2.05) is 48.5 Å². The average Bonchev–Trinajstić information content (AvgIpc) is 3.49. The van der Waals surface area contributed by atoms with Crippen molar-refractivity contribution in [1.82, 2.24) is 9.97 Å². The summed E-state index contributed by atoms with van der Waals surface area (Å²) in [5.41, 5.74) is 3.28. The van der Waals surface area contributed by atoms with Gasteiger partial charge in [0.25, 0.3) is 0 Å². The molecule has 1 saturated heterocycles. The first-order valence-electron chi connectivity index (χ1n) is 12.7. The van der Waals surface area contributed by atoms with Gasteiger partial charge in [0.1, 0.15) is 17.3 Å². The highest BCUT2D eigenvalue weighted by atomic mass is 35.5. The number of fused-ring (bicyclic) bond motifs is 1. The SMILES string of the molecule is COc1ccc(N2CCN(c3nc4c(c(Nc5ccc(Cl)cc5)n3)C(=O)CC(c3ccco3)C4)CC2)cc1. The number of nitrogens with one attached hydrogen (secondary N) is 1. The van der Waals surface area contributed by atoms with Crippen molar-refractivity contribution in [3.63, 3.8) is 0 Å². The molecule has 38 heavy (non-hydrogen) atoms. The molecule has 1 unspecified atom stereocenters. The number of ketones is 1. The second-order valence-corrected chi connectivity index (χ2v) is 9.98. The summed E-state index contributed by atoms with van der Waals surface area (Å²) in [7, 11) is 1.67. The summed E-state index contributed by atoms with van der Waals surface area (Å²) in [4.78, 5) is 27.7. The van der Waals surface area contributed by atoms with Crippen LogP contribution in [0.2, 0.25) is 5.02 Å². The molecule has 1 aliphatic carbocycles. The van der Waals surface area contributed by atoms with E-state index < -0.39 is 0 Å². The van der Waals surface area contributed by atoms with Crippen molar-refractivity contribution < 1.29 is 13.9 Å². The molecule has 0 amide bonds. The molecule has 0 radical (unpaired) electrons. The number of halogens is 1. The molecule has 1 fully saturated rings. The fourth-order valence-corrected chi connectivity index (χ4v) is 5.28. The molecular formula is C29H28ClN5O3. The Hall–Kier alpha value is -4.04. The molecule has 6 rings (SSSR count). The second kappa shape index (κ2) is 10.4. The standard InChI is InChI=1S/C29H28ClN5O3/c1-37-23-10-8-22(9-11-23)34-12-14-35(15-13-34)29-32-24-17-19(26-3-2-16-38-26)18-25(36)27(24)28(33-29)31-21-6-4-20(30)5-7-21/h2-11,16,19H,12-15,17-18H2,1H3,(H,31,32,33). The van der Waals surface area contributed by atoms with Gasteiger partial charge >= 0.3 is 0 Å². The number of benzene rings is 2. The molecule has 4 aromatic rings. The van der Waals surface area contributed by atoms with Crippen LogP contribution in [0.5, 0.6) is 5.75 Å². The number of methoxy groups -OCH3 is 1. The molecule has 1 N–H and O–H groups in total. The van der Waals surface area contributed by atoms with Gasteiger partial charge in [-0.3, -0.25) is 4.79 Å². The minimum absolute atomic E-state index is 0.0139. The normalized spacial score (nSPS) is 17.3. The fraction of sp³-hybridized carbons (Fsp3) is 0.276. The molecule has 194 valence electrons. The largest absolute Gasteiger partial charge is 0.497 e. The Balaban J connectivity index is 1.29. The van der Waals surface area contributed by atoms with Crippen LogP contribution in [0.1, 0.15) is 34.2 Å². The van der Waals surface area contributed by atoms with E-state index in [1.165, 1.54) is 0 Å². The lowest BCUT2D eigenvalue weighted by molar-refractivity contribution is 0.0959. The van der Waals surface area contributed by atoms with E-state index in [4.69, 9.17) is 30.7 Å². The zero-order valence-corrected chi connectivity index (χ0v) is 21.8. The van der Waals surface area contributed by atoms with Crippen molar-refractivity contribution in [2.75, 3.05) is 48.4 Å². The summed E-state index contributed by atoms with van der Waals surface area (Å²) in [5, 5.41) is 4.01. The maximum Gasteiger partial charge on any atom is 0.227 e. The summed E-state index contributed by atoms with van der Waals surface area (Å²) in [6.07, 6.45) is 2.63. The fourth-order valence-electron chi connectivity index (χ4n) is 5.15. The highest BCUT2D eigenvalue weighted by Crippen LogP contribution is 2.37. The predicted octanol–water partition coefficient (Wildman–Crippen LogP) is 5.71. The molecular weight excluding hydrogens is 502 g/mol. The number of Topliss-reactive ketones (excluding diaryl/α,β-unsaturated/α-hetero) is 1. The Morgan fingerprint density at radius 1 is 0.947 bits per heavy atom. The Morgan fingerprint density at radius 2 is 1.68 bits per heavy atom. The average molecular weight is 530 g/mol. The first-order chi connectivity index (χ1) is 18.6. The molecule has 8 nitrogen and oxygen atoms in total. The van der Waals surface area contributed by atoms with Crippen LogP contribution in [0.3, 0.4) is 0 Å². The number of hydrogen-bond acceptors (Lipinski definition) is 8. The summed E-state index contributed by atoms with van der Waals surface area (Å²) in [5.74, 6) is 2.79. The number of carbonyl (C=O) groups excluding carboxylic acids is 1. The Kier molecular flexibility index (Phi) is 6.64. The number of ether oxygens (including phenoxy) is 1. The number of rotatable bonds is 6. The van der Waals surface area contributed by atoms with E-state index in [-0.39, 0.29) is 11.7 Å². The quantitative estimate of drug-likeness (QED) is 0.340. The lowest BCUT2D eigenvalue weighted by Crippen LogP contribution is -2.47. The van der Waals surface area contributed by atoms with Crippen LogP contribution < -0.4 is 19.9 Å². The van der Waals surface area contributed by atoms with Crippen molar-refractivity contribution in [3.8, 4) is 5.75 Å².